The normalized spacial score (nSPS) is 24.6. The standard InChI is InChI=1S/C17H26N2/c1-14-5-7-15(8-6-14)13-19-11-3-2-4-17(19)12-18-16-9-10-16/h5-8,16-18H,2-4,9-13H2,1H3. The first kappa shape index (κ1) is 13.1. The highest BCUT2D eigenvalue weighted by atomic mass is 15.2. The molecular weight excluding hydrogens is 232 g/mol. The van der Waals surface area contributed by atoms with Crippen molar-refractivity contribution in [1.29, 1.82) is 0 Å². The highest BCUT2D eigenvalue weighted by molar-refractivity contribution is 5.21. The second-order valence-corrected chi connectivity index (χ2v) is 6.29. The van der Waals surface area contributed by atoms with E-state index in [1.807, 2.05) is 0 Å². The summed E-state index contributed by atoms with van der Waals surface area (Å²) < 4.78 is 0. The molecule has 1 aliphatic heterocycles. The number of likely N-dealkylation sites (tertiary alicyclic amines) is 1. The van der Waals surface area contributed by atoms with E-state index >= 15 is 0 Å². The summed E-state index contributed by atoms with van der Waals surface area (Å²) in [6.07, 6.45) is 6.92. The zero-order chi connectivity index (χ0) is 13.1. The molecule has 1 atom stereocenters. The Kier molecular flexibility index (Phi) is 4.19. The highest BCUT2D eigenvalue weighted by Crippen LogP contribution is 2.22. The first-order valence-electron chi connectivity index (χ1n) is 7.84. The summed E-state index contributed by atoms with van der Waals surface area (Å²) in [6.45, 7) is 5.74. The Morgan fingerprint density at radius 2 is 1.89 bits per heavy atom. The van der Waals surface area contributed by atoms with Gasteiger partial charge in [-0.05, 0) is 44.7 Å². The monoisotopic (exact) mass is 258 g/mol. The van der Waals surface area contributed by atoms with Crippen LogP contribution >= 0.6 is 0 Å². The van der Waals surface area contributed by atoms with E-state index in [0.29, 0.717) is 0 Å². The third-order valence-electron chi connectivity index (χ3n) is 4.47. The molecule has 0 aromatic heterocycles. The van der Waals surface area contributed by atoms with Crippen LogP contribution in [0.1, 0.15) is 43.2 Å². The lowest BCUT2D eigenvalue weighted by molar-refractivity contribution is 0.137. The van der Waals surface area contributed by atoms with Gasteiger partial charge in [-0.2, -0.15) is 0 Å². The van der Waals surface area contributed by atoms with Crippen LogP contribution in [-0.2, 0) is 6.54 Å². The van der Waals surface area contributed by atoms with E-state index in [2.05, 4.69) is 41.4 Å². The zero-order valence-corrected chi connectivity index (χ0v) is 12.1. The minimum atomic E-state index is 0.746. The number of hydrogen-bond acceptors (Lipinski definition) is 2. The van der Waals surface area contributed by atoms with E-state index in [0.717, 1.165) is 18.6 Å². The molecule has 1 saturated carbocycles. The highest BCUT2D eigenvalue weighted by Gasteiger charge is 2.26. The molecule has 1 N–H and O–H groups in total. The van der Waals surface area contributed by atoms with E-state index in [9.17, 15) is 0 Å². The molecule has 3 rings (SSSR count). The Balaban J connectivity index is 1.57. The summed E-state index contributed by atoms with van der Waals surface area (Å²) >= 11 is 0. The third kappa shape index (κ3) is 3.80. The van der Waals surface area contributed by atoms with Crippen molar-refractivity contribution in [3.05, 3.63) is 35.4 Å². The Morgan fingerprint density at radius 1 is 1.11 bits per heavy atom. The molecule has 2 nitrogen and oxygen atoms in total. The van der Waals surface area contributed by atoms with Crippen molar-refractivity contribution in [3.63, 3.8) is 0 Å². The largest absolute Gasteiger partial charge is 0.312 e. The van der Waals surface area contributed by atoms with E-state index in [4.69, 9.17) is 0 Å². The minimum absolute atomic E-state index is 0.746. The molecule has 104 valence electrons. The summed E-state index contributed by atoms with van der Waals surface area (Å²) in [4.78, 5) is 2.68. The first-order valence-corrected chi connectivity index (χ1v) is 7.84. The number of aryl methyl sites for hydroxylation is 1. The number of rotatable bonds is 5. The van der Waals surface area contributed by atoms with Crippen LogP contribution in [0.3, 0.4) is 0 Å². The SMILES string of the molecule is Cc1ccc(CN2CCCCC2CNC2CC2)cc1. The van der Waals surface area contributed by atoms with Crippen LogP contribution in [0, 0.1) is 6.92 Å². The smallest absolute Gasteiger partial charge is 0.0237 e. The summed E-state index contributed by atoms with van der Waals surface area (Å²) in [7, 11) is 0. The summed E-state index contributed by atoms with van der Waals surface area (Å²) in [5.41, 5.74) is 2.82. The van der Waals surface area contributed by atoms with Gasteiger partial charge in [-0.25, -0.2) is 0 Å². The molecule has 1 unspecified atom stereocenters. The van der Waals surface area contributed by atoms with E-state index in [1.54, 1.807) is 0 Å². The molecule has 1 aromatic carbocycles. The second-order valence-electron chi connectivity index (χ2n) is 6.29. The molecular formula is C17H26N2. The average molecular weight is 258 g/mol. The molecule has 1 aromatic rings. The van der Waals surface area contributed by atoms with Gasteiger partial charge < -0.3 is 5.32 Å². The van der Waals surface area contributed by atoms with Crippen molar-refractivity contribution >= 4 is 0 Å². The van der Waals surface area contributed by atoms with E-state index < -0.39 is 0 Å². The van der Waals surface area contributed by atoms with Crippen molar-refractivity contribution in [2.24, 2.45) is 0 Å². The molecule has 1 saturated heterocycles. The average Bonchev–Trinajstić information content (AvgIpc) is 3.25. The summed E-state index contributed by atoms with van der Waals surface area (Å²) in [5, 5.41) is 3.71. The van der Waals surface area contributed by atoms with E-state index in [-0.39, 0.29) is 0 Å². The van der Waals surface area contributed by atoms with Crippen LogP contribution in [0.15, 0.2) is 24.3 Å². The van der Waals surface area contributed by atoms with Crippen LogP contribution in [0.25, 0.3) is 0 Å². The number of benzene rings is 1. The number of nitrogens with one attached hydrogen (secondary N) is 1. The maximum atomic E-state index is 3.71. The van der Waals surface area contributed by atoms with Crippen molar-refractivity contribution in [2.45, 2.75) is 57.7 Å². The molecule has 0 spiro atoms. The van der Waals surface area contributed by atoms with Gasteiger partial charge in [-0.1, -0.05) is 36.2 Å². The van der Waals surface area contributed by atoms with Crippen LogP contribution in [0.4, 0.5) is 0 Å². The van der Waals surface area contributed by atoms with Crippen molar-refractivity contribution in [2.75, 3.05) is 13.1 Å². The molecule has 0 bridgehead atoms. The number of hydrogen-bond donors (Lipinski definition) is 1. The summed E-state index contributed by atoms with van der Waals surface area (Å²) in [5.74, 6) is 0. The quantitative estimate of drug-likeness (QED) is 0.873. The van der Waals surface area contributed by atoms with Gasteiger partial charge >= 0.3 is 0 Å². The first-order chi connectivity index (χ1) is 9.31. The van der Waals surface area contributed by atoms with Gasteiger partial charge in [-0.15, -0.1) is 0 Å². The maximum absolute atomic E-state index is 3.71. The predicted molar refractivity (Wildman–Crippen MR) is 80.3 cm³/mol. The third-order valence-corrected chi connectivity index (χ3v) is 4.47. The zero-order valence-electron chi connectivity index (χ0n) is 12.1. The second kappa shape index (κ2) is 6.06. The Bertz CT molecular complexity index is 394. The molecule has 0 amide bonds. The van der Waals surface area contributed by atoms with Gasteiger partial charge in [0.25, 0.3) is 0 Å². The molecule has 19 heavy (non-hydrogen) atoms. The number of nitrogens with zero attached hydrogens (tertiary/aromatic N) is 1. The fraction of sp³-hybridized carbons (Fsp3) is 0.647. The van der Waals surface area contributed by atoms with E-state index in [1.165, 1.54) is 56.3 Å². The molecule has 1 aliphatic carbocycles. The lowest BCUT2D eigenvalue weighted by Gasteiger charge is -2.36. The lowest BCUT2D eigenvalue weighted by atomic mass is 10.0. The molecule has 0 radical (unpaired) electrons. The lowest BCUT2D eigenvalue weighted by Crippen LogP contribution is -2.45. The fourth-order valence-electron chi connectivity index (χ4n) is 3.02. The van der Waals surface area contributed by atoms with Crippen LogP contribution < -0.4 is 5.32 Å². The van der Waals surface area contributed by atoms with Gasteiger partial charge in [0, 0.05) is 25.2 Å². The van der Waals surface area contributed by atoms with Crippen molar-refractivity contribution < 1.29 is 0 Å². The fourth-order valence-corrected chi connectivity index (χ4v) is 3.02. The topological polar surface area (TPSA) is 15.3 Å². The van der Waals surface area contributed by atoms with Gasteiger partial charge in [0.05, 0.1) is 0 Å². The van der Waals surface area contributed by atoms with Gasteiger partial charge in [0.2, 0.25) is 0 Å². The van der Waals surface area contributed by atoms with Crippen molar-refractivity contribution in [3.8, 4) is 0 Å². The molecule has 2 aliphatic rings. The molecule has 2 fully saturated rings. The predicted octanol–water partition coefficient (Wildman–Crippen LogP) is 3.10. The Labute approximate surface area is 117 Å². The van der Waals surface area contributed by atoms with Crippen LogP contribution in [0.5, 0.6) is 0 Å². The summed E-state index contributed by atoms with van der Waals surface area (Å²) in [6, 6.07) is 10.6. The molecule has 2 heteroatoms. The Morgan fingerprint density at radius 3 is 2.63 bits per heavy atom. The maximum Gasteiger partial charge on any atom is 0.0237 e. The van der Waals surface area contributed by atoms with Crippen molar-refractivity contribution in [1.82, 2.24) is 10.2 Å². The van der Waals surface area contributed by atoms with Gasteiger partial charge in [0.1, 0.15) is 0 Å². The van der Waals surface area contributed by atoms with Gasteiger partial charge in [-0.3, -0.25) is 4.90 Å². The number of piperidine rings is 1. The van der Waals surface area contributed by atoms with Crippen LogP contribution in [0.2, 0.25) is 0 Å². The van der Waals surface area contributed by atoms with Crippen LogP contribution in [-0.4, -0.2) is 30.1 Å². The Hall–Kier alpha value is -0.860. The molecule has 1 heterocycles. The van der Waals surface area contributed by atoms with Gasteiger partial charge in [0.15, 0.2) is 0 Å². The minimum Gasteiger partial charge on any atom is -0.312 e.